The normalized spacial score (nSPS) is 49.3. The number of ether oxygens (including phenoxy) is 17. The molecule has 0 aliphatic carbocycles. The van der Waals surface area contributed by atoms with Crippen molar-refractivity contribution in [2.75, 3.05) is 52.9 Å². The first-order valence-electron chi connectivity index (χ1n) is 35.5. The molecular weight excluding hydrogens is 1520 g/mol. The molecule has 4 amide bonds. The van der Waals surface area contributed by atoms with Crippen LogP contribution in [-0.2, 0) is 99.7 Å². The average molecular weight is 1630 g/mol. The Bertz CT molecular complexity index is 2950. The summed E-state index contributed by atoms with van der Waals surface area (Å²) in [4.78, 5) is 51.5. The fourth-order valence-electron chi connectivity index (χ4n) is 14.3. The Labute approximate surface area is 629 Å². The molecule has 111 heavy (non-hydrogen) atoms. The molecule has 0 spiro atoms. The van der Waals surface area contributed by atoms with Crippen LogP contribution < -0.4 is 21.3 Å². The lowest BCUT2D eigenvalue weighted by Crippen LogP contribution is -2.71. The second-order valence-corrected chi connectivity index (χ2v) is 28.2. The maximum atomic E-state index is 13.2. The van der Waals surface area contributed by atoms with Gasteiger partial charge in [0.15, 0.2) is 56.6 Å². The predicted molar refractivity (Wildman–Crippen MR) is 342 cm³/mol. The minimum Gasteiger partial charge on any atom is -0.394 e. The van der Waals surface area contributed by atoms with E-state index < -0.39 is 353 Å². The molecule has 28 N–H and O–H groups in total. The second-order valence-electron chi connectivity index (χ2n) is 28.2. The van der Waals surface area contributed by atoms with Crippen LogP contribution >= 0.6 is 0 Å². The van der Waals surface area contributed by atoms with Gasteiger partial charge in [0.25, 0.3) is 0 Å². The fourth-order valence-corrected chi connectivity index (χ4v) is 14.3. The third kappa shape index (κ3) is 20.3. The summed E-state index contributed by atoms with van der Waals surface area (Å²) < 4.78 is 102. The van der Waals surface area contributed by atoms with E-state index >= 15 is 0 Å². The van der Waals surface area contributed by atoms with Crippen LogP contribution in [0.1, 0.15) is 34.6 Å². The van der Waals surface area contributed by atoms with Gasteiger partial charge in [-0.15, -0.1) is 0 Å². The highest BCUT2D eigenvalue weighted by molar-refractivity contribution is 5.74. The van der Waals surface area contributed by atoms with Crippen LogP contribution in [-0.4, -0.2) is 475 Å². The molecule has 9 heterocycles. The van der Waals surface area contributed by atoms with Gasteiger partial charge in [-0.25, -0.2) is 0 Å². The Hall–Kier alpha value is -3.76. The smallest absolute Gasteiger partial charge is 0.217 e. The molecular formula is C62H104N4O45. The molecule has 0 bridgehead atoms. The summed E-state index contributed by atoms with van der Waals surface area (Å²) in [6, 6.07) is -7.58. The maximum absolute atomic E-state index is 13.2. The third-order valence-corrected chi connectivity index (χ3v) is 20.3. The van der Waals surface area contributed by atoms with Gasteiger partial charge in [-0.1, -0.05) is 0 Å². The van der Waals surface area contributed by atoms with E-state index in [9.17, 15) is 142 Å². The van der Waals surface area contributed by atoms with E-state index in [0.29, 0.717) is 0 Å². The lowest BCUT2D eigenvalue weighted by atomic mass is 9.93. The molecule has 9 rings (SSSR count). The van der Waals surface area contributed by atoms with Gasteiger partial charge in [-0.3, -0.25) is 19.2 Å². The van der Waals surface area contributed by atoms with Crippen molar-refractivity contribution in [3.8, 4) is 0 Å². The zero-order valence-electron chi connectivity index (χ0n) is 59.9. The zero-order chi connectivity index (χ0) is 81.8. The Morgan fingerprint density at radius 3 is 0.982 bits per heavy atom. The van der Waals surface area contributed by atoms with Crippen molar-refractivity contribution in [3.63, 3.8) is 0 Å². The van der Waals surface area contributed by atoms with E-state index in [0.717, 1.165) is 27.7 Å². The Balaban J connectivity index is 1.09. The van der Waals surface area contributed by atoms with Crippen molar-refractivity contribution in [3.05, 3.63) is 0 Å². The number of nitrogens with one attached hydrogen (secondary N) is 4. The van der Waals surface area contributed by atoms with Crippen LogP contribution in [0.25, 0.3) is 0 Å². The third-order valence-electron chi connectivity index (χ3n) is 20.3. The van der Waals surface area contributed by atoms with Gasteiger partial charge in [-0.2, -0.15) is 0 Å². The standard InChI is InChI=1S/C62H104N4O45/c1-14-31(77)40(86)44(90)58(97-14)95-12-25-50(37(83)27(54(94)98-25)63-15(2)73)106-56-29(65-17(4)75)38(84)49(24(11-72)103-56)108-61-47(93)52(110-60-46(92)42(88)34(80)21(8-69)101-60)51(109-55-28(64-16(3)74)36(82)32(78)19(6-67)99-55)26(105-61)13-96-62-53(43(89)35(81)22(9-70)102-62)111-57-30(66-18(5)76)39(85)48(23(10-71)104-57)107-59-45(91)41(87)33(79)20(7-68)100-59/h14,19-62,67-72,77-94H,6-13H2,1-5H3,(H,63,73)(H,64,74)(H,65,75)(H,66,76)/t14-,19+,20+,21+,22+,23+,24+,25+,26+,27+,28+,29+,30+,31+,32+,33-,34+,35+,36+,37+,38+,39+,40+,41-,42-,43-,44-,45+,46-,47-,48+,49+,50+,51+,52+,53-,54+,55-,56-,57-,58+,59-,60+,61-,62-/m0/s1. The van der Waals surface area contributed by atoms with E-state index in [-0.39, 0.29) is 0 Å². The second kappa shape index (κ2) is 39.7. The quantitative estimate of drug-likeness (QED) is 0.0346. The van der Waals surface area contributed by atoms with Gasteiger partial charge >= 0.3 is 0 Å². The molecule has 0 unspecified atom stereocenters. The van der Waals surface area contributed by atoms with Gasteiger partial charge in [0.1, 0.15) is 213 Å². The number of rotatable bonds is 28. The maximum Gasteiger partial charge on any atom is 0.217 e. The molecule has 0 aromatic carbocycles. The van der Waals surface area contributed by atoms with Crippen molar-refractivity contribution >= 4 is 23.6 Å². The zero-order valence-corrected chi connectivity index (χ0v) is 59.9. The topological polar surface area (TPSA) is 759 Å². The first kappa shape index (κ1) is 91.1. The van der Waals surface area contributed by atoms with Gasteiger partial charge in [-0.05, 0) is 6.92 Å². The van der Waals surface area contributed by atoms with Crippen molar-refractivity contribution in [2.45, 2.75) is 311 Å². The number of hydrogen-bond acceptors (Lipinski definition) is 45. The molecule has 49 heteroatoms. The Morgan fingerprint density at radius 1 is 0.252 bits per heavy atom. The van der Waals surface area contributed by atoms with Crippen molar-refractivity contribution in [2.24, 2.45) is 0 Å². The molecule has 0 aromatic rings. The van der Waals surface area contributed by atoms with Crippen LogP contribution in [0, 0.1) is 0 Å². The monoisotopic (exact) mass is 1620 g/mol. The van der Waals surface area contributed by atoms with E-state index in [1.54, 1.807) is 0 Å². The van der Waals surface area contributed by atoms with Crippen LogP contribution in [0.2, 0.25) is 0 Å². The van der Waals surface area contributed by atoms with Gasteiger partial charge in [0, 0.05) is 27.7 Å². The summed E-state index contributed by atoms with van der Waals surface area (Å²) in [5, 5.41) is 276. The van der Waals surface area contributed by atoms with Crippen molar-refractivity contribution in [1.29, 1.82) is 0 Å². The van der Waals surface area contributed by atoms with Gasteiger partial charge in [0.2, 0.25) is 23.6 Å². The first-order chi connectivity index (χ1) is 52.4. The summed E-state index contributed by atoms with van der Waals surface area (Å²) in [6.45, 7) is -3.61. The molecule has 9 fully saturated rings. The fraction of sp³-hybridized carbons (Fsp3) is 0.935. The SMILES string of the molecule is CC(=O)N[C@@H]1[C@@H](O)[C@H](O[C@@H]2O[C@H](CO)[C@@H](O[C@@H]3O[C@H](CO[C@H]4O[C@H](CO)[C@@H](O)[C@H](O)[C@@H]4O[C@@H]4O[C@H](CO)[C@@H](O[C@@H]5O[C@H](CO)[C@H](O)[C@H](O)[C@H]5O)[C@H](O)[C@H]4NC(C)=O)[C@@H](O[C@@H]4O[C@H](CO)[C@@H](O)[C@H](O)[C@H]4NC(C)=O)[C@H](O[C@H]4O[C@H](CO)[C@@H](O)[C@H](O)[C@@H]4O)[C@@H]3O)[C@H](O)[C@H]2NC(C)=O)[C@@H](CO[C@@H]2O[C@@H](C)[C@@H](O)[C@@H](O)[C@@H]2O)O[C@H]1O. The van der Waals surface area contributed by atoms with Gasteiger partial charge < -0.3 is 224 Å². The minimum atomic E-state index is -2.59. The lowest BCUT2D eigenvalue weighted by Gasteiger charge is -2.52. The first-order valence-corrected chi connectivity index (χ1v) is 35.5. The molecule has 0 radical (unpaired) electrons. The van der Waals surface area contributed by atoms with Crippen molar-refractivity contribution in [1.82, 2.24) is 21.3 Å². The molecule has 9 saturated heterocycles. The van der Waals surface area contributed by atoms with Crippen LogP contribution in [0.5, 0.6) is 0 Å². The van der Waals surface area contributed by atoms with E-state index in [2.05, 4.69) is 21.3 Å². The highest BCUT2D eigenvalue weighted by atomic mass is 16.8. The molecule has 45 atom stereocenters. The van der Waals surface area contributed by atoms with E-state index in [1.165, 1.54) is 6.92 Å². The average Bonchev–Trinajstić information content (AvgIpc) is 0.762. The summed E-state index contributed by atoms with van der Waals surface area (Å²) in [7, 11) is 0. The van der Waals surface area contributed by atoms with Gasteiger partial charge in [0.05, 0.1) is 59.0 Å². The number of aliphatic hydroxyl groups is 24. The summed E-state index contributed by atoms with van der Waals surface area (Å²) >= 11 is 0. The number of carbonyl (C=O) groups excluding carboxylic acids is 4. The molecule has 49 nitrogen and oxygen atoms in total. The van der Waals surface area contributed by atoms with Crippen LogP contribution in [0.4, 0.5) is 0 Å². The largest absolute Gasteiger partial charge is 0.394 e. The highest BCUT2D eigenvalue weighted by Crippen LogP contribution is 2.40. The molecule has 0 saturated carbocycles. The summed E-state index contributed by atoms with van der Waals surface area (Å²) in [5.41, 5.74) is 0. The Morgan fingerprint density at radius 2 is 0.541 bits per heavy atom. The number of carbonyl (C=O) groups is 4. The number of amides is 4. The van der Waals surface area contributed by atoms with E-state index in [4.69, 9.17) is 80.5 Å². The molecule has 0 aromatic heterocycles. The number of hydrogen-bond donors (Lipinski definition) is 28. The lowest BCUT2D eigenvalue weighted by molar-refractivity contribution is -0.401. The molecule has 642 valence electrons. The highest BCUT2D eigenvalue weighted by Gasteiger charge is 2.61. The van der Waals surface area contributed by atoms with Crippen LogP contribution in [0.3, 0.4) is 0 Å². The van der Waals surface area contributed by atoms with Crippen LogP contribution in [0.15, 0.2) is 0 Å². The Kier molecular flexibility index (Phi) is 32.6. The predicted octanol–water partition coefficient (Wildman–Crippen LogP) is -19.0. The summed E-state index contributed by atoms with van der Waals surface area (Å²) in [5.74, 6) is -3.69. The minimum absolute atomic E-state index is 0.833. The van der Waals surface area contributed by atoms with Crippen molar-refractivity contribution < 1.29 is 222 Å². The number of aliphatic hydroxyl groups excluding tert-OH is 24. The molecule has 9 aliphatic rings. The molecule has 9 aliphatic heterocycles. The van der Waals surface area contributed by atoms with E-state index in [1.807, 2.05) is 0 Å². The summed E-state index contributed by atoms with van der Waals surface area (Å²) in [6.07, 6.45) is -84.2.